The third-order valence-corrected chi connectivity index (χ3v) is 1.14. The Kier molecular flexibility index (Phi) is 6.39. The maximum absolute atomic E-state index is 10.0. The predicted octanol–water partition coefficient (Wildman–Crippen LogP) is 2.37. The molecule has 0 aliphatic carbocycles. The Hall–Kier alpha value is -1.05. The number of hydrogen-bond acceptors (Lipinski definition) is 1. The molecule has 0 bridgehead atoms. The summed E-state index contributed by atoms with van der Waals surface area (Å²) in [4.78, 5) is 10.0. The van der Waals surface area contributed by atoms with Crippen LogP contribution in [0.3, 0.4) is 0 Å². The van der Waals surface area contributed by atoms with Crippen molar-refractivity contribution in [2.45, 2.75) is 26.2 Å². The van der Waals surface area contributed by atoms with Gasteiger partial charge in [0.15, 0.2) is 0 Å². The Morgan fingerprint density at radius 3 is 2.55 bits per heavy atom. The van der Waals surface area contributed by atoms with Crippen LogP contribution in [0.15, 0.2) is 24.3 Å². The summed E-state index contributed by atoms with van der Waals surface area (Å²) >= 11 is 0. The van der Waals surface area contributed by atoms with Gasteiger partial charge in [0.2, 0.25) is 0 Å². The number of rotatable bonds is 5. The van der Waals surface area contributed by atoms with Gasteiger partial charge in [-0.15, -0.1) is 0 Å². The van der Waals surface area contributed by atoms with Crippen LogP contribution in [0.25, 0.3) is 0 Å². The maximum atomic E-state index is 10.0. The van der Waals surface area contributed by atoms with E-state index >= 15 is 0 Å². The minimum Gasteiger partial charge on any atom is -0.481 e. The normalized spacial score (nSPS) is 11.4. The molecule has 0 aliphatic heterocycles. The lowest BCUT2D eigenvalue weighted by molar-refractivity contribution is -0.136. The van der Waals surface area contributed by atoms with Crippen molar-refractivity contribution in [2.75, 3.05) is 0 Å². The summed E-state index contributed by atoms with van der Waals surface area (Å²) in [5.74, 6) is -0.742. The van der Waals surface area contributed by atoms with Crippen LogP contribution in [0.5, 0.6) is 0 Å². The zero-order valence-electron chi connectivity index (χ0n) is 6.79. The van der Waals surface area contributed by atoms with E-state index in [0.717, 1.165) is 6.42 Å². The topological polar surface area (TPSA) is 37.3 Å². The first-order valence-electron chi connectivity index (χ1n) is 3.80. The quantitative estimate of drug-likeness (QED) is 0.617. The molecule has 0 aliphatic rings. The van der Waals surface area contributed by atoms with Crippen LogP contribution in [-0.4, -0.2) is 11.1 Å². The Morgan fingerprint density at radius 1 is 1.36 bits per heavy atom. The molecule has 0 saturated heterocycles. The molecule has 0 radical (unpaired) electrons. The standard InChI is InChI=1S/C9H14O2/c1-2-3-4-5-6-7-8-9(10)11/h3-6H,2,7-8H2,1H3,(H,10,11)/b4-3+,6-5+. The highest BCUT2D eigenvalue weighted by Crippen LogP contribution is 1.91. The third kappa shape index (κ3) is 8.95. The first-order valence-corrected chi connectivity index (χ1v) is 3.80. The van der Waals surface area contributed by atoms with Crippen LogP contribution in [0.4, 0.5) is 0 Å². The van der Waals surface area contributed by atoms with Gasteiger partial charge in [-0.3, -0.25) is 4.79 Å². The van der Waals surface area contributed by atoms with Crippen molar-refractivity contribution in [1.29, 1.82) is 0 Å². The van der Waals surface area contributed by atoms with Gasteiger partial charge >= 0.3 is 5.97 Å². The Balaban J connectivity index is 3.30. The molecule has 0 amide bonds. The molecular formula is C9H14O2. The Bertz CT molecular complexity index is 157. The van der Waals surface area contributed by atoms with Gasteiger partial charge in [0, 0.05) is 6.42 Å². The molecule has 2 nitrogen and oxygen atoms in total. The smallest absolute Gasteiger partial charge is 0.303 e. The van der Waals surface area contributed by atoms with Crippen LogP contribution in [-0.2, 0) is 4.79 Å². The van der Waals surface area contributed by atoms with Crippen molar-refractivity contribution in [3.63, 3.8) is 0 Å². The van der Waals surface area contributed by atoms with Crippen molar-refractivity contribution >= 4 is 5.97 Å². The summed E-state index contributed by atoms with van der Waals surface area (Å²) in [6.45, 7) is 2.06. The lowest BCUT2D eigenvalue weighted by atomic mass is 10.3. The highest BCUT2D eigenvalue weighted by molar-refractivity contribution is 5.66. The average Bonchev–Trinajstić information content (AvgIpc) is 1.96. The monoisotopic (exact) mass is 154 g/mol. The van der Waals surface area contributed by atoms with Gasteiger partial charge in [-0.25, -0.2) is 0 Å². The highest BCUT2D eigenvalue weighted by Gasteiger charge is 1.90. The summed E-state index contributed by atoms with van der Waals surface area (Å²) in [5, 5.41) is 8.26. The SMILES string of the molecule is CC/C=C/C=C/CCC(=O)O. The second-order valence-electron chi connectivity index (χ2n) is 2.20. The molecular weight excluding hydrogens is 140 g/mol. The van der Waals surface area contributed by atoms with Crippen LogP contribution < -0.4 is 0 Å². The summed E-state index contributed by atoms with van der Waals surface area (Å²) in [5.41, 5.74) is 0. The first kappa shape index (κ1) is 9.95. The first-order chi connectivity index (χ1) is 5.27. The van der Waals surface area contributed by atoms with Gasteiger partial charge < -0.3 is 5.11 Å². The van der Waals surface area contributed by atoms with E-state index in [2.05, 4.69) is 6.92 Å². The van der Waals surface area contributed by atoms with Crippen LogP contribution in [0, 0.1) is 0 Å². The zero-order chi connectivity index (χ0) is 8.53. The van der Waals surface area contributed by atoms with E-state index < -0.39 is 5.97 Å². The average molecular weight is 154 g/mol. The number of carbonyl (C=O) groups is 1. The highest BCUT2D eigenvalue weighted by atomic mass is 16.4. The molecule has 1 N–H and O–H groups in total. The largest absolute Gasteiger partial charge is 0.481 e. The number of allylic oxidation sites excluding steroid dienone is 4. The minimum atomic E-state index is -0.742. The van der Waals surface area contributed by atoms with Gasteiger partial charge in [-0.2, -0.15) is 0 Å². The molecule has 11 heavy (non-hydrogen) atoms. The molecule has 0 rings (SSSR count). The molecule has 0 atom stereocenters. The molecule has 62 valence electrons. The van der Waals surface area contributed by atoms with Crippen molar-refractivity contribution in [3.8, 4) is 0 Å². The van der Waals surface area contributed by atoms with Crippen molar-refractivity contribution < 1.29 is 9.90 Å². The number of aliphatic carboxylic acids is 1. The molecule has 0 spiro atoms. The lowest BCUT2D eigenvalue weighted by Gasteiger charge is -1.84. The lowest BCUT2D eigenvalue weighted by Crippen LogP contribution is -1.91. The van der Waals surface area contributed by atoms with Crippen molar-refractivity contribution in [3.05, 3.63) is 24.3 Å². The van der Waals surface area contributed by atoms with Gasteiger partial charge in [0.1, 0.15) is 0 Å². The summed E-state index contributed by atoms with van der Waals surface area (Å²) in [6, 6.07) is 0. The van der Waals surface area contributed by atoms with E-state index in [9.17, 15) is 4.79 Å². The van der Waals surface area contributed by atoms with Crippen molar-refractivity contribution in [2.24, 2.45) is 0 Å². The second-order valence-corrected chi connectivity index (χ2v) is 2.20. The van der Waals surface area contributed by atoms with Gasteiger partial charge in [0.25, 0.3) is 0 Å². The van der Waals surface area contributed by atoms with Crippen LogP contribution in [0.2, 0.25) is 0 Å². The fourth-order valence-electron chi connectivity index (χ4n) is 0.596. The van der Waals surface area contributed by atoms with E-state index in [-0.39, 0.29) is 6.42 Å². The van der Waals surface area contributed by atoms with Gasteiger partial charge in [-0.1, -0.05) is 31.2 Å². The van der Waals surface area contributed by atoms with Crippen LogP contribution in [0.1, 0.15) is 26.2 Å². The fraction of sp³-hybridized carbons (Fsp3) is 0.444. The third-order valence-electron chi connectivity index (χ3n) is 1.14. The molecule has 0 aromatic carbocycles. The van der Waals surface area contributed by atoms with E-state index in [1.165, 1.54) is 0 Å². The predicted molar refractivity (Wildman–Crippen MR) is 45.4 cm³/mol. The van der Waals surface area contributed by atoms with E-state index in [1.807, 2.05) is 24.3 Å². The second kappa shape index (κ2) is 7.06. The summed E-state index contributed by atoms with van der Waals surface area (Å²) < 4.78 is 0. The number of carboxylic acid groups (broad SMARTS) is 1. The molecule has 0 aromatic heterocycles. The minimum absolute atomic E-state index is 0.219. The van der Waals surface area contributed by atoms with E-state index in [0.29, 0.717) is 6.42 Å². The molecule has 0 saturated carbocycles. The van der Waals surface area contributed by atoms with E-state index in [1.54, 1.807) is 0 Å². The maximum Gasteiger partial charge on any atom is 0.303 e. The van der Waals surface area contributed by atoms with Crippen LogP contribution >= 0.6 is 0 Å². The summed E-state index contributed by atoms with van der Waals surface area (Å²) in [6.07, 6.45) is 9.55. The van der Waals surface area contributed by atoms with Crippen molar-refractivity contribution in [1.82, 2.24) is 0 Å². The molecule has 0 unspecified atom stereocenters. The molecule has 0 fully saturated rings. The number of carboxylic acids is 1. The Labute approximate surface area is 67.2 Å². The molecule has 0 aromatic rings. The molecule has 0 heterocycles. The fourth-order valence-corrected chi connectivity index (χ4v) is 0.596. The summed E-state index contributed by atoms with van der Waals surface area (Å²) in [7, 11) is 0. The van der Waals surface area contributed by atoms with Gasteiger partial charge in [0.05, 0.1) is 0 Å². The zero-order valence-corrected chi connectivity index (χ0v) is 6.79. The van der Waals surface area contributed by atoms with Gasteiger partial charge in [-0.05, 0) is 12.8 Å². The molecule has 2 heteroatoms. The number of hydrogen-bond donors (Lipinski definition) is 1. The Morgan fingerprint density at radius 2 is 2.00 bits per heavy atom. The van der Waals surface area contributed by atoms with E-state index in [4.69, 9.17) is 5.11 Å².